The zero-order valence-electron chi connectivity index (χ0n) is 16.2. The molecule has 134 valence electrons. The van der Waals surface area contributed by atoms with Crippen LogP contribution in [0, 0.1) is 5.41 Å². The molecule has 0 aliphatic carbocycles. The van der Waals surface area contributed by atoms with E-state index in [-0.39, 0.29) is 11.2 Å². The van der Waals surface area contributed by atoms with E-state index in [9.17, 15) is 4.79 Å². The first-order chi connectivity index (χ1) is 11.7. The van der Waals surface area contributed by atoms with Crippen molar-refractivity contribution in [2.24, 2.45) is 10.5 Å². The zero-order chi connectivity index (χ0) is 18.6. The Morgan fingerprint density at radius 2 is 1.88 bits per heavy atom. The number of benzene rings is 1. The highest BCUT2D eigenvalue weighted by molar-refractivity contribution is 5.82. The van der Waals surface area contributed by atoms with E-state index < -0.39 is 0 Å². The van der Waals surface area contributed by atoms with Crippen molar-refractivity contribution in [2.45, 2.75) is 40.7 Å². The number of ketones is 1. The lowest BCUT2D eigenvalue weighted by Gasteiger charge is -2.15. The summed E-state index contributed by atoms with van der Waals surface area (Å²) in [6.45, 7) is 8.31. The van der Waals surface area contributed by atoms with E-state index in [1.807, 2.05) is 74.9 Å². The number of carbonyl (C=O) groups is 1. The second-order valence-electron chi connectivity index (χ2n) is 7.44. The van der Waals surface area contributed by atoms with Crippen molar-refractivity contribution >= 4 is 17.7 Å². The smallest absolute Gasteiger partial charge is 0.282 e. The van der Waals surface area contributed by atoms with Crippen molar-refractivity contribution in [3.63, 3.8) is 0 Å². The molecule has 2 rings (SSSR count). The molecule has 5 heteroatoms. The Morgan fingerprint density at radius 3 is 2.40 bits per heavy atom. The van der Waals surface area contributed by atoms with Crippen LogP contribution in [0.25, 0.3) is 0 Å². The molecule has 2 aromatic rings. The fourth-order valence-corrected chi connectivity index (χ4v) is 2.44. The number of rotatable bonds is 6. The van der Waals surface area contributed by atoms with Gasteiger partial charge in [0.25, 0.3) is 5.82 Å². The van der Waals surface area contributed by atoms with Gasteiger partial charge in [-0.1, -0.05) is 44.9 Å². The van der Waals surface area contributed by atoms with Crippen molar-refractivity contribution in [3.05, 3.63) is 48.0 Å². The van der Waals surface area contributed by atoms with Crippen molar-refractivity contribution in [1.82, 2.24) is 4.68 Å². The summed E-state index contributed by atoms with van der Waals surface area (Å²) < 4.78 is 3.83. The van der Waals surface area contributed by atoms with Crippen LogP contribution in [0.15, 0.2) is 41.8 Å². The predicted octanol–water partition coefficient (Wildman–Crippen LogP) is 2.90. The normalized spacial score (nSPS) is 11.9. The molecule has 0 saturated heterocycles. The molecular weight excluding hydrogens is 312 g/mol. The highest BCUT2D eigenvalue weighted by Crippen LogP contribution is 2.14. The summed E-state index contributed by atoms with van der Waals surface area (Å²) in [7, 11) is 4.04. The van der Waals surface area contributed by atoms with Gasteiger partial charge in [-0.05, 0) is 17.7 Å². The van der Waals surface area contributed by atoms with Gasteiger partial charge in [0.1, 0.15) is 12.7 Å². The molecule has 1 aromatic heterocycles. The fraction of sp³-hybridized carbons (Fsp3) is 0.450. The first-order valence-electron chi connectivity index (χ1n) is 8.67. The van der Waals surface area contributed by atoms with E-state index >= 15 is 0 Å². The third-order valence-electron chi connectivity index (χ3n) is 4.19. The monoisotopic (exact) mass is 341 g/mol. The van der Waals surface area contributed by atoms with Crippen LogP contribution in [0.4, 0.5) is 5.69 Å². The number of Topliss-reactive ketones (excluding diaryl/α,β-unsaturated/α-hetero) is 1. The first-order valence-corrected chi connectivity index (χ1v) is 8.67. The summed E-state index contributed by atoms with van der Waals surface area (Å²) in [5.74, 6) is 1.23. The third-order valence-corrected chi connectivity index (χ3v) is 4.19. The maximum absolute atomic E-state index is 12.3. The molecule has 25 heavy (non-hydrogen) atoms. The molecule has 0 radical (unpaired) electrons. The number of anilines is 1. The van der Waals surface area contributed by atoms with E-state index in [0.29, 0.717) is 6.54 Å². The molecule has 5 nitrogen and oxygen atoms in total. The van der Waals surface area contributed by atoms with Crippen LogP contribution in [0.3, 0.4) is 0 Å². The summed E-state index contributed by atoms with van der Waals surface area (Å²) >= 11 is 0. The Bertz CT molecular complexity index is 749. The fourth-order valence-electron chi connectivity index (χ4n) is 2.44. The summed E-state index contributed by atoms with van der Waals surface area (Å²) in [4.78, 5) is 14.4. The molecule has 0 saturated carbocycles. The molecule has 0 spiro atoms. The average molecular weight is 341 g/mol. The van der Waals surface area contributed by atoms with E-state index in [1.165, 1.54) is 0 Å². The Labute approximate surface area is 150 Å². The number of carbonyl (C=O) groups excluding carboxylic acids is 1. The number of hydrogen-bond acceptors (Lipinski definition) is 3. The predicted molar refractivity (Wildman–Crippen MR) is 102 cm³/mol. The molecule has 0 bridgehead atoms. The van der Waals surface area contributed by atoms with Crippen LogP contribution < -0.4 is 9.47 Å². The van der Waals surface area contributed by atoms with Crippen molar-refractivity contribution < 1.29 is 9.36 Å². The SMILES string of the molecule is CCc1n(N=Cc2ccc(N(C)C)cc2)cc[n+]1CC(=O)C(C)(C)C. The Morgan fingerprint density at radius 1 is 1.24 bits per heavy atom. The largest absolute Gasteiger partial charge is 0.378 e. The van der Waals surface area contributed by atoms with Gasteiger partial charge in [-0.2, -0.15) is 0 Å². The van der Waals surface area contributed by atoms with Gasteiger partial charge in [0.15, 0.2) is 12.0 Å². The van der Waals surface area contributed by atoms with E-state index in [2.05, 4.69) is 29.1 Å². The molecule has 0 fully saturated rings. The molecule has 0 aliphatic rings. The number of aromatic nitrogens is 2. The molecule has 0 amide bonds. The molecule has 0 N–H and O–H groups in total. The van der Waals surface area contributed by atoms with Crippen LogP contribution in [-0.4, -0.2) is 30.8 Å². The van der Waals surface area contributed by atoms with Gasteiger partial charge < -0.3 is 4.90 Å². The van der Waals surface area contributed by atoms with Crippen LogP contribution in [0.2, 0.25) is 0 Å². The highest BCUT2D eigenvalue weighted by atomic mass is 16.1. The number of imidazole rings is 1. The van der Waals surface area contributed by atoms with Crippen LogP contribution in [-0.2, 0) is 17.8 Å². The van der Waals surface area contributed by atoms with Gasteiger partial charge in [0, 0.05) is 31.6 Å². The lowest BCUT2D eigenvalue weighted by molar-refractivity contribution is -0.691. The van der Waals surface area contributed by atoms with E-state index in [0.717, 1.165) is 23.5 Å². The summed E-state index contributed by atoms with van der Waals surface area (Å²) in [5.41, 5.74) is 1.86. The van der Waals surface area contributed by atoms with Crippen molar-refractivity contribution in [2.75, 3.05) is 19.0 Å². The first kappa shape index (κ1) is 18.9. The molecule has 0 atom stereocenters. The zero-order valence-corrected chi connectivity index (χ0v) is 16.2. The maximum Gasteiger partial charge on any atom is 0.282 e. The van der Waals surface area contributed by atoms with Gasteiger partial charge in [-0.15, -0.1) is 4.68 Å². The van der Waals surface area contributed by atoms with Gasteiger partial charge in [0.2, 0.25) is 0 Å². The second kappa shape index (κ2) is 7.64. The van der Waals surface area contributed by atoms with Crippen LogP contribution >= 0.6 is 0 Å². The highest BCUT2D eigenvalue weighted by Gasteiger charge is 2.26. The van der Waals surface area contributed by atoms with Crippen LogP contribution in [0.5, 0.6) is 0 Å². The van der Waals surface area contributed by atoms with E-state index in [1.54, 1.807) is 0 Å². The molecule has 1 heterocycles. The van der Waals surface area contributed by atoms with Crippen molar-refractivity contribution in [1.29, 1.82) is 0 Å². The van der Waals surface area contributed by atoms with Gasteiger partial charge in [0.05, 0.1) is 6.21 Å². The quantitative estimate of drug-likeness (QED) is 0.599. The Hall–Kier alpha value is -2.43. The molecular formula is C20H29N4O+. The topological polar surface area (TPSA) is 41.5 Å². The molecule has 0 unspecified atom stereocenters. The second-order valence-corrected chi connectivity index (χ2v) is 7.44. The van der Waals surface area contributed by atoms with Gasteiger partial charge in [-0.3, -0.25) is 4.79 Å². The van der Waals surface area contributed by atoms with Gasteiger partial charge in [-0.25, -0.2) is 4.57 Å². The maximum atomic E-state index is 12.3. The Kier molecular flexibility index (Phi) is 5.77. The van der Waals surface area contributed by atoms with Crippen LogP contribution in [0.1, 0.15) is 39.1 Å². The number of nitrogens with zero attached hydrogens (tertiary/aromatic N) is 4. The minimum absolute atomic E-state index is 0.216. The lowest BCUT2D eigenvalue weighted by Crippen LogP contribution is -2.43. The van der Waals surface area contributed by atoms with E-state index in [4.69, 9.17) is 0 Å². The lowest BCUT2D eigenvalue weighted by atomic mass is 9.91. The Balaban J connectivity index is 2.18. The minimum Gasteiger partial charge on any atom is -0.378 e. The van der Waals surface area contributed by atoms with Crippen molar-refractivity contribution in [3.8, 4) is 0 Å². The standard InChI is InChI=1S/C20H29N4O/c1-7-19-23(15-18(25)20(2,3)4)12-13-24(19)21-14-16-8-10-17(11-9-16)22(5)6/h8-14H,7,15H2,1-6H3/q+1. The minimum atomic E-state index is -0.336. The molecule has 1 aromatic carbocycles. The third kappa shape index (κ3) is 4.78. The average Bonchev–Trinajstić information content (AvgIpc) is 2.94. The molecule has 0 aliphatic heterocycles. The summed E-state index contributed by atoms with van der Waals surface area (Å²) in [5, 5.41) is 4.56. The summed E-state index contributed by atoms with van der Waals surface area (Å²) in [6, 6.07) is 8.23. The number of hydrogen-bond donors (Lipinski definition) is 0. The van der Waals surface area contributed by atoms with Gasteiger partial charge >= 0.3 is 0 Å². The summed E-state index contributed by atoms with van der Waals surface area (Å²) in [6.07, 6.45) is 6.48.